The van der Waals surface area contributed by atoms with Gasteiger partial charge in [-0.15, -0.1) is 20.1 Å². The average molecular weight is 1260 g/mol. The molecule has 0 radical (unpaired) electrons. The molecule has 5 N–H and O–H groups in total. The second-order valence-electron chi connectivity index (χ2n) is 22.6. The van der Waals surface area contributed by atoms with Crippen LogP contribution in [0.25, 0.3) is 10.4 Å². The van der Waals surface area contributed by atoms with Crippen LogP contribution >= 0.6 is 22.9 Å². The van der Waals surface area contributed by atoms with Crippen molar-refractivity contribution in [3.63, 3.8) is 0 Å². The second kappa shape index (κ2) is 25.6. The number of pyridine rings is 1. The van der Waals surface area contributed by atoms with Gasteiger partial charge in [-0.1, -0.05) is 56.6 Å². The number of anilines is 4. The van der Waals surface area contributed by atoms with Crippen LogP contribution in [0.5, 0.6) is 23.3 Å². The monoisotopic (exact) mass is 1260 g/mol. The molecule has 3 aromatic heterocycles. The second-order valence-corrected chi connectivity index (χ2v) is 25.8. The Bertz CT molecular complexity index is 3650. The number of aliphatic hydroxyl groups is 1. The van der Waals surface area contributed by atoms with E-state index in [1.165, 1.54) is 59.9 Å². The van der Waals surface area contributed by atoms with Crippen molar-refractivity contribution < 1.29 is 64.8 Å². The highest BCUT2D eigenvalue weighted by Crippen LogP contribution is 2.48. The smallest absolute Gasteiger partial charge is 0.491 e. The molecule has 23 nitrogen and oxygen atoms in total. The molecule has 29 heteroatoms. The zero-order valence-electron chi connectivity index (χ0n) is 48.4. The molecular formula is C58H66ClF3N12O11S2. The molecule has 1 aliphatic carbocycles. The summed E-state index contributed by atoms with van der Waals surface area (Å²) in [5, 5.41) is 22.9. The molecule has 10 rings (SSSR count). The van der Waals surface area contributed by atoms with E-state index in [0.717, 1.165) is 22.4 Å². The summed E-state index contributed by atoms with van der Waals surface area (Å²) in [6.45, 7) is 10.7. The highest BCUT2D eigenvalue weighted by atomic mass is 35.5. The lowest BCUT2D eigenvalue weighted by Gasteiger charge is -2.35. The zero-order chi connectivity index (χ0) is 62.0. The number of aromatic nitrogens is 5. The van der Waals surface area contributed by atoms with E-state index in [1.807, 2.05) is 30.0 Å². The van der Waals surface area contributed by atoms with Gasteiger partial charge in [-0.05, 0) is 73.2 Å². The first-order chi connectivity index (χ1) is 41.4. The van der Waals surface area contributed by atoms with Gasteiger partial charge in [0.05, 0.1) is 75.5 Å². The van der Waals surface area contributed by atoms with Crippen molar-refractivity contribution >= 4 is 73.8 Å². The SMILES string of the molecule is COc1nc(Nc2cc(S(C)(=O)=O)ccc2N[C@@H](c2cccc3c2OC(F)(F)O3)c2ncccc2Cl)nc(N2CCN(CCOCCOc3cc(-c4scnc4C)ccc3CNC(=O)[C@@H]3C[C@@H](O)CN3C(=O)[C@@H](NC(=O)C3(F)CC3)C(C)(C)C)CC2)n1. The van der Waals surface area contributed by atoms with Crippen LogP contribution in [0.15, 0.2) is 83.3 Å². The van der Waals surface area contributed by atoms with E-state index in [9.17, 15) is 41.1 Å². The van der Waals surface area contributed by atoms with Gasteiger partial charge in [0.1, 0.15) is 24.4 Å². The number of hydrogen-bond acceptors (Lipinski definition) is 21. The third-order valence-electron chi connectivity index (χ3n) is 15.2. The number of methoxy groups -OCH3 is 1. The lowest BCUT2D eigenvalue weighted by Crippen LogP contribution is -2.59. The number of para-hydroxylation sites is 1. The minimum atomic E-state index is -3.94. The molecule has 6 aromatic rings. The van der Waals surface area contributed by atoms with Gasteiger partial charge >= 0.3 is 12.3 Å². The normalized spacial score (nSPS) is 18.6. The fraction of sp³-hybridized carbons (Fsp3) is 0.448. The number of β-amino-alcohol motifs (C(OH)–C–C–N with tert-alkyl or cyclic N) is 1. The number of carbonyl (C=O) groups is 3. The van der Waals surface area contributed by atoms with E-state index in [2.05, 4.69) is 46.1 Å². The predicted octanol–water partition coefficient (Wildman–Crippen LogP) is 6.86. The molecule has 1 saturated carbocycles. The van der Waals surface area contributed by atoms with E-state index in [4.69, 9.17) is 40.3 Å². The summed E-state index contributed by atoms with van der Waals surface area (Å²) in [4.78, 5) is 69.6. The number of sulfone groups is 1. The van der Waals surface area contributed by atoms with Crippen LogP contribution in [-0.2, 0) is 35.5 Å². The van der Waals surface area contributed by atoms with Gasteiger partial charge < -0.3 is 59.9 Å². The highest BCUT2D eigenvalue weighted by molar-refractivity contribution is 7.90. The molecule has 3 fully saturated rings. The summed E-state index contributed by atoms with van der Waals surface area (Å²) in [5.41, 5.74) is 2.17. The van der Waals surface area contributed by atoms with E-state index < -0.39 is 69.2 Å². The van der Waals surface area contributed by atoms with Crippen molar-refractivity contribution in [3.05, 3.63) is 106 Å². The molecule has 3 aromatic carbocycles. The lowest BCUT2D eigenvalue weighted by molar-refractivity contribution is -0.287. The molecule has 6 heterocycles. The number of thiazole rings is 1. The number of rotatable bonds is 23. The number of nitrogens with one attached hydrogen (secondary N) is 4. The Hall–Kier alpha value is -7.63. The van der Waals surface area contributed by atoms with Crippen molar-refractivity contribution in [1.29, 1.82) is 0 Å². The number of halogens is 4. The summed E-state index contributed by atoms with van der Waals surface area (Å²) in [6.07, 6.45) is -2.24. The Kier molecular flexibility index (Phi) is 18.4. The third-order valence-corrected chi connectivity index (χ3v) is 17.6. The largest absolute Gasteiger partial charge is 0.586 e. The number of likely N-dealkylation sites (tertiary alicyclic amines) is 1. The summed E-state index contributed by atoms with van der Waals surface area (Å²) in [7, 11) is -2.36. The number of alkyl halides is 3. The predicted molar refractivity (Wildman–Crippen MR) is 316 cm³/mol. The summed E-state index contributed by atoms with van der Waals surface area (Å²) < 4.78 is 97.2. The van der Waals surface area contributed by atoms with E-state index in [-0.39, 0.29) is 108 Å². The first-order valence-electron chi connectivity index (χ1n) is 28.0. The highest BCUT2D eigenvalue weighted by Gasteiger charge is 2.53. The lowest BCUT2D eigenvalue weighted by atomic mass is 9.85. The van der Waals surface area contributed by atoms with Crippen LogP contribution in [0.2, 0.25) is 5.02 Å². The number of aliphatic hydroxyl groups excluding tert-OH is 1. The summed E-state index contributed by atoms with van der Waals surface area (Å²) in [5.74, 6) is -1.62. The standard InChI is InChI=1S/C58H66ClF3N12O11S2/c1-33-48(86-32-65-33)34-12-13-35(30-64-50(76)42-28-36(75)31-74(42)51(77)49(56(2,3)4)68-52(78)57(60)16-17-57)44(27-34)83-26-25-82-24-23-72-19-21-73(22-20-72)54-69-53(70-55(71-54)81-5)67-41-29-37(87(6,79)80)14-15-40(41)66-45(46-39(59)10-8-18-63-46)38-9-7-11-43-47(38)85-58(61,62)84-43/h7-15,18,27,29,32,36,42,45,49,66,75H,16-17,19-26,28,30-31H2,1-6H3,(H,64,76)(H,68,78)(H,67,69,70,71)/t36-,42+,45+,49-/m1/s1. The molecule has 2 saturated heterocycles. The van der Waals surface area contributed by atoms with Gasteiger partial charge in [-0.25, -0.2) is 17.8 Å². The van der Waals surface area contributed by atoms with Crippen LogP contribution in [0.3, 0.4) is 0 Å². The Morgan fingerprint density at radius 1 is 0.943 bits per heavy atom. The molecule has 87 heavy (non-hydrogen) atoms. The number of benzene rings is 3. The molecule has 3 amide bonds. The molecular weight excluding hydrogens is 1200 g/mol. The van der Waals surface area contributed by atoms with Gasteiger partial charge in [0.15, 0.2) is 27.0 Å². The summed E-state index contributed by atoms with van der Waals surface area (Å²) >= 11 is 8.15. The van der Waals surface area contributed by atoms with Crippen LogP contribution < -0.4 is 45.1 Å². The minimum absolute atomic E-state index is 0.00161. The minimum Gasteiger partial charge on any atom is -0.491 e. The Balaban J connectivity index is 0.755. The fourth-order valence-corrected chi connectivity index (χ4v) is 11.9. The molecule has 4 aliphatic rings. The Morgan fingerprint density at radius 2 is 1.72 bits per heavy atom. The fourth-order valence-electron chi connectivity index (χ4n) is 10.3. The van der Waals surface area contributed by atoms with E-state index in [1.54, 1.807) is 44.5 Å². The van der Waals surface area contributed by atoms with Crippen molar-refractivity contribution in [3.8, 4) is 33.7 Å². The molecule has 464 valence electrons. The number of carbonyl (C=O) groups excluding carboxylic acids is 3. The number of amides is 3. The molecule has 3 aliphatic heterocycles. The number of nitrogens with zero attached hydrogens (tertiary/aromatic N) is 8. The van der Waals surface area contributed by atoms with E-state index >= 15 is 0 Å². The molecule has 0 spiro atoms. The summed E-state index contributed by atoms with van der Waals surface area (Å²) in [6, 6.07) is 14.3. The van der Waals surface area contributed by atoms with Crippen molar-refractivity contribution in [1.82, 2.24) is 45.4 Å². The number of hydrogen-bond donors (Lipinski definition) is 5. The van der Waals surface area contributed by atoms with Gasteiger partial charge in [-0.2, -0.15) is 15.0 Å². The van der Waals surface area contributed by atoms with Crippen molar-refractivity contribution in [2.45, 2.75) is 94.6 Å². The maximum atomic E-state index is 14.7. The van der Waals surface area contributed by atoms with Crippen molar-refractivity contribution in [2.24, 2.45) is 5.41 Å². The molecule has 0 bridgehead atoms. The number of aryl methyl sites for hydroxylation is 1. The Labute approximate surface area is 509 Å². The number of ether oxygens (including phenoxy) is 5. The van der Waals surface area contributed by atoms with Crippen LogP contribution in [0.4, 0.5) is 36.4 Å². The van der Waals surface area contributed by atoms with Crippen molar-refractivity contribution in [2.75, 3.05) is 88.0 Å². The maximum Gasteiger partial charge on any atom is 0.586 e. The molecule has 0 unspecified atom stereocenters. The quantitative estimate of drug-likeness (QED) is 0.0410. The number of piperazine rings is 1. The topological polar surface area (TPSA) is 274 Å². The zero-order valence-corrected chi connectivity index (χ0v) is 50.8. The van der Waals surface area contributed by atoms with Gasteiger partial charge in [0, 0.05) is 75.8 Å². The number of fused-ring (bicyclic) bond motifs is 1. The van der Waals surface area contributed by atoms with Gasteiger partial charge in [0.2, 0.25) is 23.7 Å². The first kappa shape index (κ1) is 62.4. The van der Waals surface area contributed by atoms with Crippen LogP contribution in [-0.4, -0.2) is 169 Å². The van der Waals surface area contributed by atoms with Crippen LogP contribution in [0, 0.1) is 12.3 Å². The van der Waals surface area contributed by atoms with E-state index in [0.29, 0.717) is 50.6 Å². The molecule has 4 atom stereocenters. The third kappa shape index (κ3) is 14.7. The van der Waals surface area contributed by atoms with Gasteiger partial charge in [-0.3, -0.25) is 24.3 Å². The maximum absolute atomic E-state index is 14.7. The first-order valence-corrected chi connectivity index (χ1v) is 31.2. The van der Waals surface area contributed by atoms with Gasteiger partial charge in [0.25, 0.3) is 5.91 Å². The Morgan fingerprint density at radius 3 is 2.43 bits per heavy atom. The van der Waals surface area contributed by atoms with Crippen LogP contribution in [0.1, 0.15) is 68.6 Å². The average Bonchev–Trinajstić information content (AvgIpc) is 1.88.